The van der Waals surface area contributed by atoms with Crippen molar-refractivity contribution in [2.75, 3.05) is 0 Å². The van der Waals surface area contributed by atoms with Gasteiger partial charge in [0.05, 0.1) is 5.69 Å². The number of rotatable bonds is 7. The number of nitrogens with one attached hydrogen (secondary N) is 1. The van der Waals surface area contributed by atoms with Crippen LogP contribution >= 0.6 is 0 Å². The Bertz CT molecular complexity index is 1090. The van der Waals surface area contributed by atoms with Crippen molar-refractivity contribution in [2.24, 2.45) is 10.2 Å². The van der Waals surface area contributed by atoms with Crippen molar-refractivity contribution >= 4 is 11.4 Å². The lowest BCUT2D eigenvalue weighted by Gasteiger charge is -2.09. The molecule has 0 atom stereocenters. The van der Waals surface area contributed by atoms with Crippen LogP contribution in [0.3, 0.4) is 0 Å². The van der Waals surface area contributed by atoms with Gasteiger partial charge >= 0.3 is 0 Å². The summed E-state index contributed by atoms with van der Waals surface area (Å²) in [4.78, 5) is 12.4. The van der Waals surface area contributed by atoms with Crippen molar-refractivity contribution in [3.63, 3.8) is 0 Å². The molecule has 2 N–H and O–H groups in total. The van der Waals surface area contributed by atoms with E-state index in [0.717, 1.165) is 18.4 Å². The fourth-order valence-electron chi connectivity index (χ4n) is 3.40. The summed E-state index contributed by atoms with van der Waals surface area (Å²) < 4.78 is 1.53. The minimum atomic E-state index is -0.196. The standard InChI is InChI=1S/C23H28N4O2/c1-5-13-27-23(29)21(17(4)26-27)25-24-20-8-6-7-18(22(20)28)11-12-19-14-15(2)9-10-16(19)3/h6-10,14,26,28H,5,11-13H2,1-4H3. The lowest BCUT2D eigenvalue weighted by Crippen LogP contribution is -2.15. The second kappa shape index (κ2) is 8.90. The van der Waals surface area contributed by atoms with Gasteiger partial charge in [-0.3, -0.25) is 14.6 Å². The molecule has 29 heavy (non-hydrogen) atoms. The molecule has 152 valence electrons. The van der Waals surface area contributed by atoms with Crippen molar-refractivity contribution in [1.82, 2.24) is 9.78 Å². The van der Waals surface area contributed by atoms with Gasteiger partial charge in [0.1, 0.15) is 11.4 Å². The zero-order chi connectivity index (χ0) is 21.0. The molecule has 6 nitrogen and oxygen atoms in total. The minimum Gasteiger partial charge on any atom is -0.505 e. The highest BCUT2D eigenvalue weighted by Crippen LogP contribution is 2.32. The second-order valence-corrected chi connectivity index (χ2v) is 7.46. The summed E-state index contributed by atoms with van der Waals surface area (Å²) in [6.07, 6.45) is 2.38. The molecule has 6 heteroatoms. The third-order valence-corrected chi connectivity index (χ3v) is 5.08. The molecule has 0 saturated heterocycles. The SMILES string of the molecule is CCCn1[nH]c(C)c(N=Nc2cccc(CCc3cc(C)ccc3C)c2O)c1=O. The van der Waals surface area contributed by atoms with Gasteiger partial charge in [0.15, 0.2) is 5.69 Å². The molecule has 3 rings (SSSR count). The number of para-hydroxylation sites is 1. The number of H-pyrrole nitrogens is 1. The molecule has 0 spiro atoms. The summed E-state index contributed by atoms with van der Waals surface area (Å²) in [6.45, 7) is 8.59. The lowest BCUT2D eigenvalue weighted by molar-refractivity contribution is 0.469. The van der Waals surface area contributed by atoms with Crippen LogP contribution in [0.1, 0.15) is 41.3 Å². The quantitative estimate of drug-likeness (QED) is 0.526. The second-order valence-electron chi connectivity index (χ2n) is 7.46. The first-order chi connectivity index (χ1) is 13.9. The van der Waals surface area contributed by atoms with Gasteiger partial charge in [-0.1, -0.05) is 42.8 Å². The summed E-state index contributed by atoms with van der Waals surface area (Å²) >= 11 is 0. The monoisotopic (exact) mass is 392 g/mol. The van der Waals surface area contributed by atoms with E-state index in [1.165, 1.54) is 21.4 Å². The first-order valence-electron chi connectivity index (χ1n) is 9.98. The predicted octanol–water partition coefficient (Wildman–Crippen LogP) is 5.42. The van der Waals surface area contributed by atoms with Crippen LogP contribution in [0, 0.1) is 20.8 Å². The van der Waals surface area contributed by atoms with Crippen molar-refractivity contribution in [1.29, 1.82) is 0 Å². The van der Waals surface area contributed by atoms with Gasteiger partial charge < -0.3 is 5.11 Å². The molecule has 0 bridgehead atoms. The number of hydrogen-bond acceptors (Lipinski definition) is 4. The van der Waals surface area contributed by atoms with Crippen LogP contribution in [-0.2, 0) is 19.4 Å². The summed E-state index contributed by atoms with van der Waals surface area (Å²) in [5.74, 6) is 0.114. The Balaban J connectivity index is 1.81. The van der Waals surface area contributed by atoms with Gasteiger partial charge in [0, 0.05) is 6.54 Å². The number of benzene rings is 2. The van der Waals surface area contributed by atoms with E-state index >= 15 is 0 Å². The third-order valence-electron chi connectivity index (χ3n) is 5.08. The average Bonchev–Trinajstić information content (AvgIpc) is 2.96. The molecule has 0 saturated carbocycles. The zero-order valence-corrected chi connectivity index (χ0v) is 17.5. The maximum Gasteiger partial charge on any atom is 0.294 e. The van der Waals surface area contributed by atoms with Crippen molar-refractivity contribution in [3.8, 4) is 5.75 Å². The van der Waals surface area contributed by atoms with Gasteiger partial charge in [0.2, 0.25) is 0 Å². The van der Waals surface area contributed by atoms with E-state index in [1.807, 2.05) is 19.1 Å². The molecule has 0 aliphatic carbocycles. The lowest BCUT2D eigenvalue weighted by atomic mass is 9.98. The van der Waals surface area contributed by atoms with Crippen LogP contribution in [0.2, 0.25) is 0 Å². The molecule has 1 aromatic heterocycles. The average molecular weight is 393 g/mol. The number of aromatic amines is 1. The van der Waals surface area contributed by atoms with E-state index in [9.17, 15) is 9.90 Å². The number of phenols is 1. The smallest absolute Gasteiger partial charge is 0.294 e. The van der Waals surface area contributed by atoms with E-state index < -0.39 is 0 Å². The van der Waals surface area contributed by atoms with Gasteiger partial charge in [0.25, 0.3) is 5.56 Å². The number of azo groups is 1. The largest absolute Gasteiger partial charge is 0.505 e. The fourth-order valence-corrected chi connectivity index (χ4v) is 3.40. The normalized spacial score (nSPS) is 11.4. The van der Waals surface area contributed by atoms with E-state index in [0.29, 0.717) is 24.3 Å². The molecule has 0 amide bonds. The Labute approximate surface area is 170 Å². The molecular formula is C23H28N4O2. The third kappa shape index (κ3) is 4.65. The number of aromatic nitrogens is 2. The molecule has 3 aromatic rings. The Kier molecular flexibility index (Phi) is 6.32. The van der Waals surface area contributed by atoms with Crippen LogP contribution in [-0.4, -0.2) is 14.9 Å². The summed E-state index contributed by atoms with van der Waals surface area (Å²) in [5.41, 5.74) is 5.68. The predicted molar refractivity (Wildman–Crippen MR) is 116 cm³/mol. The van der Waals surface area contributed by atoms with Gasteiger partial charge in [-0.25, -0.2) is 0 Å². The number of nitrogens with zero attached hydrogens (tertiary/aromatic N) is 3. The van der Waals surface area contributed by atoms with Crippen LogP contribution in [0.5, 0.6) is 5.75 Å². The fraction of sp³-hybridized carbons (Fsp3) is 0.348. The number of aryl methyl sites for hydroxylation is 6. The number of hydrogen-bond donors (Lipinski definition) is 2. The van der Waals surface area contributed by atoms with E-state index in [-0.39, 0.29) is 17.0 Å². The van der Waals surface area contributed by atoms with Gasteiger partial charge in [-0.2, -0.15) is 0 Å². The maximum absolute atomic E-state index is 12.4. The van der Waals surface area contributed by atoms with Crippen molar-refractivity contribution in [2.45, 2.75) is 53.5 Å². The molecular weight excluding hydrogens is 364 g/mol. The zero-order valence-electron chi connectivity index (χ0n) is 17.5. The summed E-state index contributed by atoms with van der Waals surface area (Å²) in [6, 6.07) is 11.9. The molecule has 0 aliphatic heterocycles. The molecule has 2 aromatic carbocycles. The molecule has 1 heterocycles. The number of aromatic hydroxyl groups is 1. The first-order valence-corrected chi connectivity index (χ1v) is 9.98. The Morgan fingerprint density at radius 2 is 1.79 bits per heavy atom. The van der Waals surface area contributed by atoms with E-state index in [4.69, 9.17) is 0 Å². The number of phenolic OH excluding ortho intramolecular Hbond substituents is 1. The summed E-state index contributed by atoms with van der Waals surface area (Å²) in [7, 11) is 0. The van der Waals surface area contributed by atoms with Gasteiger partial charge in [-0.15, -0.1) is 10.2 Å². The molecule has 0 fully saturated rings. The van der Waals surface area contributed by atoms with Crippen LogP contribution in [0.4, 0.5) is 11.4 Å². The van der Waals surface area contributed by atoms with Crippen LogP contribution in [0.15, 0.2) is 51.4 Å². The topological polar surface area (TPSA) is 82.7 Å². The van der Waals surface area contributed by atoms with Gasteiger partial charge in [-0.05, 0) is 62.8 Å². The Morgan fingerprint density at radius 3 is 2.55 bits per heavy atom. The summed E-state index contributed by atoms with van der Waals surface area (Å²) in [5, 5.41) is 21.9. The maximum atomic E-state index is 12.4. The van der Waals surface area contributed by atoms with Crippen LogP contribution in [0.25, 0.3) is 0 Å². The van der Waals surface area contributed by atoms with Crippen LogP contribution < -0.4 is 5.56 Å². The highest BCUT2D eigenvalue weighted by molar-refractivity contribution is 5.55. The first kappa shape index (κ1) is 20.6. The minimum absolute atomic E-state index is 0.114. The highest BCUT2D eigenvalue weighted by atomic mass is 16.3. The van der Waals surface area contributed by atoms with E-state index in [1.54, 1.807) is 13.0 Å². The molecule has 0 radical (unpaired) electrons. The highest BCUT2D eigenvalue weighted by Gasteiger charge is 2.12. The van der Waals surface area contributed by atoms with Crippen molar-refractivity contribution in [3.05, 3.63) is 74.7 Å². The van der Waals surface area contributed by atoms with Crippen molar-refractivity contribution < 1.29 is 5.11 Å². The Hall–Kier alpha value is -3.15. The Morgan fingerprint density at radius 1 is 1.03 bits per heavy atom. The molecule has 0 unspecified atom stereocenters. The molecule has 0 aliphatic rings. The van der Waals surface area contributed by atoms with E-state index in [2.05, 4.69) is 47.4 Å².